The summed E-state index contributed by atoms with van der Waals surface area (Å²) in [6, 6.07) is 5.22. The Morgan fingerprint density at radius 3 is 2.80 bits per heavy atom. The largest absolute Gasteiger partial charge is 0.481 e. The fourth-order valence-corrected chi connectivity index (χ4v) is 2.86. The van der Waals surface area contributed by atoms with Gasteiger partial charge in [-0.1, -0.05) is 15.9 Å². The van der Waals surface area contributed by atoms with Crippen molar-refractivity contribution < 1.29 is 14.7 Å². The fraction of sp³-hybridized carbons (Fsp3) is 0.385. The lowest BCUT2D eigenvalue weighted by Gasteiger charge is -2.30. The molecule has 2 amide bonds. The van der Waals surface area contributed by atoms with E-state index in [4.69, 9.17) is 5.11 Å². The van der Waals surface area contributed by atoms with E-state index in [0.29, 0.717) is 25.1 Å². The van der Waals surface area contributed by atoms with Crippen molar-refractivity contribution in [3.63, 3.8) is 0 Å². The number of carbonyl (C=O) groups excluding carboxylic acids is 1. The van der Waals surface area contributed by atoms with Crippen LogP contribution in [0.5, 0.6) is 0 Å². The average molecular weight is 406 g/mol. The van der Waals surface area contributed by atoms with Crippen LogP contribution in [0.15, 0.2) is 27.1 Å². The molecule has 0 saturated carbocycles. The molecular weight excluding hydrogens is 392 g/mol. The molecule has 1 aromatic rings. The first-order valence-corrected chi connectivity index (χ1v) is 7.80. The van der Waals surface area contributed by atoms with Gasteiger partial charge in [-0.05, 0) is 47.0 Å². The first kappa shape index (κ1) is 15.3. The molecule has 1 aliphatic heterocycles. The third kappa shape index (κ3) is 3.73. The van der Waals surface area contributed by atoms with Crippen LogP contribution in [0.3, 0.4) is 0 Å². The molecule has 0 aromatic heterocycles. The summed E-state index contributed by atoms with van der Waals surface area (Å²) in [4.78, 5) is 24.7. The van der Waals surface area contributed by atoms with Gasteiger partial charge in [-0.15, -0.1) is 0 Å². The van der Waals surface area contributed by atoms with Gasteiger partial charge in [0.2, 0.25) is 0 Å². The Kier molecular flexibility index (Phi) is 5.04. The molecule has 7 heteroatoms. The van der Waals surface area contributed by atoms with E-state index >= 15 is 0 Å². The van der Waals surface area contributed by atoms with Gasteiger partial charge in [-0.25, -0.2) is 4.79 Å². The fourth-order valence-electron chi connectivity index (χ4n) is 2.15. The number of rotatable bonds is 2. The molecule has 1 saturated heterocycles. The number of benzene rings is 1. The Hall–Kier alpha value is -1.08. The van der Waals surface area contributed by atoms with Crippen LogP contribution in [0, 0.1) is 5.92 Å². The predicted octanol–water partition coefficient (Wildman–Crippen LogP) is 3.54. The summed E-state index contributed by atoms with van der Waals surface area (Å²) in [7, 11) is 0. The third-order valence-corrected chi connectivity index (χ3v) is 4.41. The summed E-state index contributed by atoms with van der Waals surface area (Å²) in [6.07, 6.45) is 1.34. The third-order valence-electron chi connectivity index (χ3n) is 3.23. The number of carboxylic acid groups (broad SMARTS) is 1. The molecule has 1 fully saturated rings. The van der Waals surface area contributed by atoms with Crippen molar-refractivity contribution in [3.05, 3.63) is 27.1 Å². The molecule has 20 heavy (non-hydrogen) atoms. The first-order chi connectivity index (χ1) is 9.47. The zero-order chi connectivity index (χ0) is 14.7. The molecule has 0 radical (unpaired) electrons. The SMILES string of the molecule is O=C(O)C1CCCN(C(=O)Nc2cc(Br)ccc2Br)C1. The van der Waals surface area contributed by atoms with Crippen molar-refractivity contribution in [2.45, 2.75) is 12.8 Å². The number of nitrogens with one attached hydrogen (secondary N) is 1. The number of carboxylic acids is 1. The number of amides is 2. The molecule has 1 aromatic carbocycles. The molecule has 2 rings (SSSR count). The van der Waals surface area contributed by atoms with E-state index < -0.39 is 11.9 Å². The van der Waals surface area contributed by atoms with Gasteiger partial charge in [0, 0.05) is 22.0 Å². The van der Waals surface area contributed by atoms with Gasteiger partial charge in [-0.2, -0.15) is 0 Å². The van der Waals surface area contributed by atoms with Gasteiger partial charge in [0.15, 0.2) is 0 Å². The molecule has 1 unspecified atom stereocenters. The zero-order valence-corrected chi connectivity index (χ0v) is 13.8. The van der Waals surface area contributed by atoms with Crippen LogP contribution in [0.25, 0.3) is 0 Å². The number of anilines is 1. The second-order valence-electron chi connectivity index (χ2n) is 4.68. The second kappa shape index (κ2) is 6.58. The van der Waals surface area contributed by atoms with Crippen molar-refractivity contribution in [2.75, 3.05) is 18.4 Å². The lowest BCUT2D eigenvalue weighted by molar-refractivity contribution is -0.143. The molecule has 108 valence electrons. The minimum absolute atomic E-state index is 0.257. The number of carbonyl (C=O) groups is 2. The van der Waals surface area contributed by atoms with E-state index in [2.05, 4.69) is 37.2 Å². The van der Waals surface area contributed by atoms with Crippen LogP contribution in [0.2, 0.25) is 0 Å². The molecule has 1 heterocycles. The highest BCUT2D eigenvalue weighted by Gasteiger charge is 2.28. The van der Waals surface area contributed by atoms with Crippen LogP contribution in [-0.4, -0.2) is 35.1 Å². The lowest BCUT2D eigenvalue weighted by Crippen LogP contribution is -2.44. The Bertz CT molecular complexity index is 536. The summed E-state index contributed by atoms with van der Waals surface area (Å²) in [5, 5.41) is 11.8. The maximum absolute atomic E-state index is 12.2. The second-order valence-corrected chi connectivity index (χ2v) is 6.45. The Labute approximate surface area is 133 Å². The smallest absolute Gasteiger partial charge is 0.321 e. The van der Waals surface area contributed by atoms with E-state index in [-0.39, 0.29) is 12.6 Å². The Morgan fingerprint density at radius 1 is 1.35 bits per heavy atom. The van der Waals surface area contributed by atoms with Crippen molar-refractivity contribution in [1.29, 1.82) is 0 Å². The molecule has 5 nitrogen and oxygen atoms in total. The maximum Gasteiger partial charge on any atom is 0.321 e. The molecule has 0 bridgehead atoms. The lowest BCUT2D eigenvalue weighted by atomic mass is 9.99. The van der Waals surface area contributed by atoms with Crippen LogP contribution in [-0.2, 0) is 4.79 Å². The van der Waals surface area contributed by atoms with E-state index in [1.807, 2.05) is 12.1 Å². The minimum Gasteiger partial charge on any atom is -0.481 e. The molecular formula is C13H14Br2N2O3. The van der Waals surface area contributed by atoms with Gasteiger partial charge in [0.1, 0.15) is 0 Å². The monoisotopic (exact) mass is 404 g/mol. The van der Waals surface area contributed by atoms with E-state index in [1.165, 1.54) is 0 Å². The highest BCUT2D eigenvalue weighted by Crippen LogP contribution is 2.27. The number of urea groups is 1. The summed E-state index contributed by atoms with van der Waals surface area (Å²) in [5.41, 5.74) is 0.654. The minimum atomic E-state index is -0.842. The van der Waals surface area contributed by atoms with Crippen molar-refractivity contribution >= 4 is 49.5 Å². The number of aliphatic carboxylic acids is 1. The van der Waals surface area contributed by atoms with Gasteiger partial charge < -0.3 is 15.3 Å². The van der Waals surface area contributed by atoms with Crippen molar-refractivity contribution in [3.8, 4) is 0 Å². The molecule has 1 aliphatic rings. The van der Waals surface area contributed by atoms with E-state index in [9.17, 15) is 9.59 Å². The van der Waals surface area contributed by atoms with Crippen molar-refractivity contribution in [1.82, 2.24) is 4.90 Å². The van der Waals surface area contributed by atoms with Crippen LogP contribution >= 0.6 is 31.9 Å². The number of likely N-dealkylation sites (tertiary alicyclic amines) is 1. The average Bonchev–Trinajstić information content (AvgIpc) is 2.43. The number of hydrogen-bond acceptors (Lipinski definition) is 2. The van der Waals surface area contributed by atoms with Crippen LogP contribution in [0.1, 0.15) is 12.8 Å². The summed E-state index contributed by atoms with van der Waals surface area (Å²) in [6.45, 7) is 0.841. The molecule has 0 spiro atoms. The number of halogens is 2. The van der Waals surface area contributed by atoms with E-state index in [0.717, 1.165) is 8.95 Å². The normalized spacial score (nSPS) is 18.7. The Balaban J connectivity index is 2.04. The predicted molar refractivity (Wildman–Crippen MR) is 82.8 cm³/mol. The van der Waals surface area contributed by atoms with E-state index in [1.54, 1.807) is 11.0 Å². The molecule has 2 N–H and O–H groups in total. The quantitative estimate of drug-likeness (QED) is 0.790. The first-order valence-electron chi connectivity index (χ1n) is 6.21. The Morgan fingerprint density at radius 2 is 2.10 bits per heavy atom. The highest BCUT2D eigenvalue weighted by molar-refractivity contribution is 9.11. The van der Waals surface area contributed by atoms with Crippen molar-refractivity contribution in [2.24, 2.45) is 5.92 Å². The van der Waals surface area contributed by atoms with Crippen LogP contribution < -0.4 is 5.32 Å². The maximum atomic E-state index is 12.2. The number of nitrogens with zero attached hydrogens (tertiary/aromatic N) is 1. The van der Waals surface area contributed by atoms with Gasteiger partial charge in [-0.3, -0.25) is 4.79 Å². The van der Waals surface area contributed by atoms with Gasteiger partial charge in [0.25, 0.3) is 0 Å². The van der Waals surface area contributed by atoms with Crippen LogP contribution in [0.4, 0.5) is 10.5 Å². The molecule has 0 aliphatic carbocycles. The highest BCUT2D eigenvalue weighted by atomic mass is 79.9. The summed E-state index contributed by atoms with van der Waals surface area (Å²) in [5.74, 6) is -1.31. The topological polar surface area (TPSA) is 69.6 Å². The summed E-state index contributed by atoms with van der Waals surface area (Å²) < 4.78 is 1.64. The number of piperidine rings is 1. The zero-order valence-electron chi connectivity index (χ0n) is 10.6. The standard InChI is InChI=1S/C13H14Br2N2O3/c14-9-3-4-10(15)11(6-9)16-13(20)17-5-1-2-8(7-17)12(18)19/h3-4,6,8H,1-2,5,7H2,(H,16,20)(H,18,19). The summed E-state index contributed by atoms with van der Waals surface area (Å²) >= 11 is 6.72. The molecule has 1 atom stereocenters. The number of hydrogen-bond donors (Lipinski definition) is 2. The van der Waals surface area contributed by atoms with Gasteiger partial charge in [0.05, 0.1) is 11.6 Å². The van der Waals surface area contributed by atoms with Gasteiger partial charge >= 0.3 is 12.0 Å².